The first-order valence-electron chi connectivity index (χ1n) is 6.13. The minimum atomic E-state index is -0.0525. The Hall–Kier alpha value is -1.37. The standard InChI is InChI=1S/C14H13IN2O2/c1-19-10-6-4-9(5-7-10)13-16-12(8-2-3-8)11(15)14(18)17-13/h4-8H,2-3H2,1H3,(H,16,17,18). The molecule has 2 aromatic rings. The highest BCUT2D eigenvalue weighted by Gasteiger charge is 2.28. The Morgan fingerprint density at radius 2 is 2.00 bits per heavy atom. The topological polar surface area (TPSA) is 55.0 Å². The molecular formula is C14H13IN2O2. The van der Waals surface area contributed by atoms with Crippen LogP contribution in [-0.2, 0) is 0 Å². The van der Waals surface area contributed by atoms with Crippen molar-refractivity contribution in [3.8, 4) is 17.1 Å². The Balaban J connectivity index is 2.06. The molecule has 1 aliphatic carbocycles. The van der Waals surface area contributed by atoms with Gasteiger partial charge < -0.3 is 9.72 Å². The summed E-state index contributed by atoms with van der Waals surface area (Å²) in [6.45, 7) is 0. The van der Waals surface area contributed by atoms with Crippen molar-refractivity contribution in [2.24, 2.45) is 0 Å². The first-order chi connectivity index (χ1) is 9.19. The maximum absolute atomic E-state index is 12.0. The number of methoxy groups -OCH3 is 1. The van der Waals surface area contributed by atoms with E-state index in [0.29, 0.717) is 11.7 Å². The molecule has 1 aromatic carbocycles. The molecule has 0 spiro atoms. The Labute approximate surface area is 124 Å². The van der Waals surface area contributed by atoms with Crippen molar-refractivity contribution in [3.05, 3.63) is 43.9 Å². The monoisotopic (exact) mass is 368 g/mol. The van der Waals surface area contributed by atoms with Gasteiger partial charge in [-0.05, 0) is 59.7 Å². The zero-order valence-corrected chi connectivity index (χ0v) is 12.6. The fourth-order valence-electron chi connectivity index (χ4n) is 1.99. The molecule has 1 aromatic heterocycles. The number of hydrogen-bond donors (Lipinski definition) is 1. The van der Waals surface area contributed by atoms with Gasteiger partial charge in [0.2, 0.25) is 0 Å². The molecule has 0 amide bonds. The highest BCUT2D eigenvalue weighted by Crippen LogP contribution is 2.40. The fourth-order valence-corrected chi connectivity index (χ4v) is 2.68. The number of nitrogens with zero attached hydrogens (tertiary/aromatic N) is 1. The molecule has 0 saturated heterocycles. The molecule has 1 N–H and O–H groups in total. The Morgan fingerprint density at radius 3 is 2.58 bits per heavy atom. The van der Waals surface area contributed by atoms with Crippen molar-refractivity contribution in [2.75, 3.05) is 7.11 Å². The van der Waals surface area contributed by atoms with Gasteiger partial charge in [-0.25, -0.2) is 4.98 Å². The second kappa shape index (κ2) is 4.96. The van der Waals surface area contributed by atoms with E-state index in [1.807, 2.05) is 24.3 Å². The molecular weight excluding hydrogens is 355 g/mol. The smallest absolute Gasteiger partial charge is 0.264 e. The van der Waals surface area contributed by atoms with Crippen LogP contribution in [-0.4, -0.2) is 17.1 Å². The van der Waals surface area contributed by atoms with Crippen LogP contribution in [0.3, 0.4) is 0 Å². The third kappa shape index (κ3) is 2.51. The van der Waals surface area contributed by atoms with Crippen LogP contribution in [0.25, 0.3) is 11.4 Å². The van der Waals surface area contributed by atoms with Gasteiger partial charge in [0.05, 0.1) is 16.4 Å². The van der Waals surface area contributed by atoms with Gasteiger partial charge in [0, 0.05) is 11.5 Å². The van der Waals surface area contributed by atoms with Crippen molar-refractivity contribution in [2.45, 2.75) is 18.8 Å². The van der Waals surface area contributed by atoms with Crippen LogP contribution in [0.4, 0.5) is 0 Å². The SMILES string of the molecule is COc1ccc(-c2nc(C3CC3)c(I)c(=O)[nH]2)cc1. The molecule has 0 radical (unpaired) electrons. The van der Waals surface area contributed by atoms with Gasteiger partial charge in [0.1, 0.15) is 11.6 Å². The van der Waals surface area contributed by atoms with E-state index in [2.05, 4.69) is 32.6 Å². The minimum Gasteiger partial charge on any atom is -0.497 e. The van der Waals surface area contributed by atoms with Crippen molar-refractivity contribution < 1.29 is 4.74 Å². The third-order valence-corrected chi connectivity index (χ3v) is 4.26. The Kier molecular flexibility index (Phi) is 3.30. The van der Waals surface area contributed by atoms with Gasteiger partial charge in [-0.3, -0.25) is 4.79 Å². The number of ether oxygens (including phenoxy) is 1. The maximum Gasteiger partial charge on any atom is 0.264 e. The number of aromatic amines is 1. The van der Waals surface area contributed by atoms with Crippen LogP contribution in [0.5, 0.6) is 5.75 Å². The number of rotatable bonds is 3. The van der Waals surface area contributed by atoms with Crippen LogP contribution < -0.4 is 10.3 Å². The lowest BCUT2D eigenvalue weighted by atomic mass is 10.2. The largest absolute Gasteiger partial charge is 0.497 e. The van der Waals surface area contributed by atoms with E-state index in [-0.39, 0.29) is 5.56 Å². The van der Waals surface area contributed by atoms with E-state index >= 15 is 0 Å². The quantitative estimate of drug-likeness (QED) is 0.848. The summed E-state index contributed by atoms with van der Waals surface area (Å²) in [5.41, 5.74) is 1.79. The zero-order chi connectivity index (χ0) is 13.4. The van der Waals surface area contributed by atoms with Gasteiger partial charge in [-0.1, -0.05) is 0 Å². The molecule has 3 rings (SSSR count). The highest BCUT2D eigenvalue weighted by atomic mass is 127. The molecule has 1 aliphatic rings. The number of benzene rings is 1. The summed E-state index contributed by atoms with van der Waals surface area (Å²) in [5.74, 6) is 1.89. The van der Waals surface area contributed by atoms with E-state index < -0.39 is 0 Å². The molecule has 0 unspecified atom stereocenters. The minimum absolute atomic E-state index is 0.0525. The molecule has 1 heterocycles. The van der Waals surface area contributed by atoms with E-state index in [1.165, 1.54) is 0 Å². The van der Waals surface area contributed by atoms with Crippen molar-refractivity contribution in [1.29, 1.82) is 0 Å². The van der Waals surface area contributed by atoms with Gasteiger partial charge in [-0.15, -0.1) is 0 Å². The summed E-state index contributed by atoms with van der Waals surface area (Å²) in [4.78, 5) is 19.4. The summed E-state index contributed by atoms with van der Waals surface area (Å²) >= 11 is 2.08. The number of halogens is 1. The molecule has 0 bridgehead atoms. The first-order valence-corrected chi connectivity index (χ1v) is 7.21. The lowest BCUT2D eigenvalue weighted by Gasteiger charge is -2.06. The summed E-state index contributed by atoms with van der Waals surface area (Å²) in [6, 6.07) is 7.54. The molecule has 1 fully saturated rings. The molecule has 19 heavy (non-hydrogen) atoms. The molecule has 1 saturated carbocycles. The van der Waals surface area contributed by atoms with Crippen molar-refractivity contribution in [3.63, 3.8) is 0 Å². The molecule has 98 valence electrons. The van der Waals surface area contributed by atoms with E-state index in [9.17, 15) is 4.79 Å². The lowest BCUT2D eigenvalue weighted by molar-refractivity contribution is 0.415. The third-order valence-electron chi connectivity index (χ3n) is 3.22. The summed E-state index contributed by atoms with van der Waals surface area (Å²) in [5, 5.41) is 0. The summed E-state index contributed by atoms with van der Waals surface area (Å²) in [6.07, 6.45) is 2.27. The first kappa shape index (κ1) is 12.7. The average Bonchev–Trinajstić information content (AvgIpc) is 3.26. The predicted octanol–water partition coefficient (Wildman–Crippen LogP) is 2.93. The fraction of sp³-hybridized carbons (Fsp3) is 0.286. The van der Waals surface area contributed by atoms with E-state index in [1.54, 1.807) is 7.11 Å². The molecule has 4 nitrogen and oxygen atoms in total. The van der Waals surface area contributed by atoms with Crippen molar-refractivity contribution >= 4 is 22.6 Å². The summed E-state index contributed by atoms with van der Waals surface area (Å²) < 4.78 is 5.85. The van der Waals surface area contributed by atoms with Crippen LogP contribution in [0.2, 0.25) is 0 Å². The number of nitrogens with one attached hydrogen (secondary N) is 1. The Morgan fingerprint density at radius 1 is 1.32 bits per heavy atom. The van der Waals surface area contributed by atoms with Crippen LogP contribution in [0, 0.1) is 3.57 Å². The second-order valence-corrected chi connectivity index (χ2v) is 5.70. The van der Waals surface area contributed by atoms with Crippen LogP contribution in [0.15, 0.2) is 29.1 Å². The maximum atomic E-state index is 12.0. The van der Waals surface area contributed by atoms with Crippen LogP contribution >= 0.6 is 22.6 Å². The average molecular weight is 368 g/mol. The predicted molar refractivity (Wildman–Crippen MR) is 81.5 cm³/mol. The van der Waals surface area contributed by atoms with Gasteiger partial charge in [0.25, 0.3) is 5.56 Å². The number of H-pyrrole nitrogens is 1. The molecule has 5 heteroatoms. The summed E-state index contributed by atoms with van der Waals surface area (Å²) in [7, 11) is 1.63. The number of hydrogen-bond acceptors (Lipinski definition) is 3. The van der Waals surface area contributed by atoms with Gasteiger partial charge in [0.15, 0.2) is 0 Å². The van der Waals surface area contributed by atoms with E-state index in [0.717, 1.165) is 33.4 Å². The highest BCUT2D eigenvalue weighted by molar-refractivity contribution is 14.1. The van der Waals surface area contributed by atoms with E-state index in [4.69, 9.17) is 4.74 Å². The van der Waals surface area contributed by atoms with Crippen LogP contribution in [0.1, 0.15) is 24.5 Å². The number of aromatic nitrogens is 2. The zero-order valence-electron chi connectivity index (χ0n) is 10.4. The second-order valence-electron chi connectivity index (χ2n) is 4.62. The lowest BCUT2D eigenvalue weighted by Crippen LogP contribution is -2.15. The van der Waals surface area contributed by atoms with Crippen molar-refractivity contribution in [1.82, 2.24) is 9.97 Å². The normalized spacial score (nSPS) is 14.4. The Bertz CT molecular complexity index is 660. The molecule has 0 aliphatic heterocycles. The van der Waals surface area contributed by atoms with Gasteiger partial charge in [-0.2, -0.15) is 0 Å². The van der Waals surface area contributed by atoms with Gasteiger partial charge >= 0.3 is 0 Å². The molecule has 0 atom stereocenters.